The Bertz CT molecular complexity index is 363. The highest BCUT2D eigenvalue weighted by atomic mass is 15.3. The van der Waals surface area contributed by atoms with E-state index in [2.05, 4.69) is 21.7 Å². The zero-order valence-electron chi connectivity index (χ0n) is 9.19. The van der Waals surface area contributed by atoms with Crippen LogP contribution < -0.4 is 5.73 Å². The molecule has 3 rings (SSSR count). The Kier molecular flexibility index (Phi) is 2.06. The Morgan fingerprint density at radius 2 is 2.07 bits per heavy atom. The van der Waals surface area contributed by atoms with Gasteiger partial charge in [-0.05, 0) is 31.6 Å². The summed E-state index contributed by atoms with van der Waals surface area (Å²) >= 11 is 0. The summed E-state index contributed by atoms with van der Waals surface area (Å²) in [4.78, 5) is 0. The minimum atomic E-state index is 0.515. The highest BCUT2D eigenvalue weighted by Crippen LogP contribution is 2.44. The average Bonchev–Trinajstić information content (AvgIpc) is 3.12. The molecule has 1 heterocycles. The topological polar surface area (TPSA) is 56.7 Å². The van der Waals surface area contributed by atoms with E-state index in [-0.39, 0.29) is 0 Å². The number of hydrogen-bond acceptors (Lipinski definition) is 3. The molecule has 82 valence electrons. The molecular weight excluding hydrogens is 188 g/mol. The normalized spacial score (nSPS) is 23.1. The summed E-state index contributed by atoms with van der Waals surface area (Å²) in [5.74, 6) is 3.57. The third-order valence-corrected chi connectivity index (χ3v) is 3.62. The van der Waals surface area contributed by atoms with Gasteiger partial charge in [0.05, 0.1) is 6.54 Å². The molecule has 0 amide bonds. The quantitative estimate of drug-likeness (QED) is 0.813. The lowest BCUT2D eigenvalue weighted by molar-refractivity contribution is 0.553. The van der Waals surface area contributed by atoms with Crippen LogP contribution in [0, 0.1) is 5.92 Å². The molecule has 0 radical (unpaired) electrons. The maximum Gasteiger partial charge on any atom is 0.147 e. The zero-order chi connectivity index (χ0) is 10.4. The molecule has 15 heavy (non-hydrogen) atoms. The summed E-state index contributed by atoms with van der Waals surface area (Å²) in [6, 6.07) is 0.648. The monoisotopic (exact) mass is 206 g/mol. The number of rotatable bonds is 4. The highest BCUT2D eigenvalue weighted by molar-refractivity contribution is 5.09. The van der Waals surface area contributed by atoms with Crippen LogP contribution in [0.3, 0.4) is 0 Å². The second-order valence-electron chi connectivity index (χ2n) is 4.91. The van der Waals surface area contributed by atoms with Gasteiger partial charge in [0, 0.05) is 12.0 Å². The zero-order valence-corrected chi connectivity index (χ0v) is 9.19. The maximum atomic E-state index is 5.70. The first-order chi connectivity index (χ1) is 7.31. The fraction of sp³-hybridized carbons (Fsp3) is 0.818. The number of aromatic nitrogens is 3. The van der Waals surface area contributed by atoms with Crippen LogP contribution in [0.4, 0.5) is 0 Å². The molecule has 0 bridgehead atoms. The molecule has 0 spiro atoms. The van der Waals surface area contributed by atoms with Crippen molar-refractivity contribution in [2.24, 2.45) is 11.7 Å². The van der Waals surface area contributed by atoms with Gasteiger partial charge in [-0.25, -0.2) is 0 Å². The van der Waals surface area contributed by atoms with Gasteiger partial charge in [-0.3, -0.25) is 0 Å². The highest BCUT2D eigenvalue weighted by Gasteiger charge is 2.36. The number of nitrogens with two attached hydrogens (primary N) is 1. The van der Waals surface area contributed by atoms with Gasteiger partial charge in [0.1, 0.15) is 11.6 Å². The van der Waals surface area contributed by atoms with E-state index in [1.54, 1.807) is 0 Å². The second-order valence-corrected chi connectivity index (χ2v) is 4.91. The van der Waals surface area contributed by atoms with E-state index in [1.165, 1.54) is 31.5 Å². The van der Waals surface area contributed by atoms with Gasteiger partial charge in [0.15, 0.2) is 0 Å². The van der Waals surface area contributed by atoms with Crippen molar-refractivity contribution in [1.82, 2.24) is 14.8 Å². The van der Waals surface area contributed by atoms with Gasteiger partial charge in [-0.15, -0.1) is 10.2 Å². The van der Waals surface area contributed by atoms with E-state index in [0.717, 1.165) is 11.7 Å². The van der Waals surface area contributed by atoms with E-state index < -0.39 is 0 Å². The molecule has 2 aliphatic rings. The minimum Gasteiger partial charge on any atom is -0.324 e. The van der Waals surface area contributed by atoms with Crippen LogP contribution >= 0.6 is 0 Å². The SMILES string of the molecule is CC(c1nnc(CN)n1C1CC1)C1CC1. The summed E-state index contributed by atoms with van der Waals surface area (Å²) in [6.45, 7) is 2.79. The van der Waals surface area contributed by atoms with E-state index in [4.69, 9.17) is 5.73 Å². The molecule has 2 saturated carbocycles. The molecule has 2 N–H and O–H groups in total. The largest absolute Gasteiger partial charge is 0.324 e. The molecule has 2 aliphatic carbocycles. The van der Waals surface area contributed by atoms with Gasteiger partial charge in [0.2, 0.25) is 0 Å². The van der Waals surface area contributed by atoms with Crippen LogP contribution in [0.5, 0.6) is 0 Å². The number of hydrogen-bond donors (Lipinski definition) is 1. The average molecular weight is 206 g/mol. The van der Waals surface area contributed by atoms with Crippen LogP contribution in [0.25, 0.3) is 0 Å². The first kappa shape index (κ1) is 9.33. The van der Waals surface area contributed by atoms with Crippen LogP contribution in [0.1, 0.15) is 56.2 Å². The van der Waals surface area contributed by atoms with Crippen molar-refractivity contribution in [2.45, 2.75) is 51.1 Å². The number of nitrogens with zero attached hydrogens (tertiary/aromatic N) is 3. The Morgan fingerprint density at radius 1 is 1.33 bits per heavy atom. The second kappa shape index (κ2) is 3.30. The van der Waals surface area contributed by atoms with Crippen molar-refractivity contribution in [3.63, 3.8) is 0 Å². The van der Waals surface area contributed by atoms with E-state index in [0.29, 0.717) is 18.5 Å². The molecule has 0 aromatic carbocycles. The summed E-state index contributed by atoms with van der Waals surface area (Å²) in [6.07, 6.45) is 5.26. The van der Waals surface area contributed by atoms with Crippen molar-refractivity contribution in [2.75, 3.05) is 0 Å². The Balaban J connectivity index is 1.94. The first-order valence-corrected chi connectivity index (χ1v) is 5.95. The standard InChI is InChI=1S/C11H18N4/c1-7(8-2-3-8)11-14-13-10(6-12)15(11)9-4-5-9/h7-9H,2-6,12H2,1H3. The first-order valence-electron chi connectivity index (χ1n) is 5.95. The molecule has 4 nitrogen and oxygen atoms in total. The van der Waals surface area contributed by atoms with Crippen molar-refractivity contribution < 1.29 is 0 Å². The van der Waals surface area contributed by atoms with Gasteiger partial charge >= 0.3 is 0 Å². The Morgan fingerprint density at radius 3 is 2.60 bits per heavy atom. The Hall–Kier alpha value is -0.900. The smallest absolute Gasteiger partial charge is 0.147 e. The molecule has 0 aliphatic heterocycles. The summed E-state index contributed by atoms with van der Waals surface area (Å²) in [5, 5.41) is 8.56. The molecular formula is C11H18N4. The van der Waals surface area contributed by atoms with Crippen LogP contribution in [0.15, 0.2) is 0 Å². The molecule has 2 fully saturated rings. The van der Waals surface area contributed by atoms with Crippen LogP contribution in [-0.2, 0) is 6.54 Å². The molecule has 1 aromatic rings. The third kappa shape index (κ3) is 1.57. The van der Waals surface area contributed by atoms with Gasteiger partial charge in [-0.1, -0.05) is 6.92 Å². The molecule has 1 atom stereocenters. The van der Waals surface area contributed by atoms with Gasteiger partial charge in [0.25, 0.3) is 0 Å². The fourth-order valence-corrected chi connectivity index (χ4v) is 2.32. The van der Waals surface area contributed by atoms with Gasteiger partial charge in [-0.2, -0.15) is 0 Å². The summed E-state index contributed by atoms with van der Waals surface area (Å²) in [7, 11) is 0. The maximum absolute atomic E-state index is 5.70. The molecule has 0 saturated heterocycles. The minimum absolute atomic E-state index is 0.515. The predicted octanol–water partition coefficient (Wildman–Crippen LogP) is 1.59. The lowest BCUT2D eigenvalue weighted by Gasteiger charge is -2.12. The summed E-state index contributed by atoms with van der Waals surface area (Å²) in [5.41, 5.74) is 5.70. The van der Waals surface area contributed by atoms with Crippen molar-refractivity contribution in [1.29, 1.82) is 0 Å². The van der Waals surface area contributed by atoms with Crippen molar-refractivity contribution >= 4 is 0 Å². The lowest BCUT2D eigenvalue weighted by Crippen LogP contribution is -2.12. The van der Waals surface area contributed by atoms with Crippen molar-refractivity contribution in [3.05, 3.63) is 11.6 Å². The Labute approximate surface area is 89.9 Å². The van der Waals surface area contributed by atoms with Gasteiger partial charge < -0.3 is 10.3 Å². The van der Waals surface area contributed by atoms with E-state index in [1.807, 2.05) is 0 Å². The van der Waals surface area contributed by atoms with Crippen molar-refractivity contribution in [3.8, 4) is 0 Å². The molecule has 1 unspecified atom stereocenters. The summed E-state index contributed by atoms with van der Waals surface area (Å²) < 4.78 is 2.31. The third-order valence-electron chi connectivity index (χ3n) is 3.62. The van der Waals surface area contributed by atoms with E-state index >= 15 is 0 Å². The predicted molar refractivity (Wildman–Crippen MR) is 57.3 cm³/mol. The lowest BCUT2D eigenvalue weighted by atomic mass is 10.1. The molecule has 1 aromatic heterocycles. The van der Waals surface area contributed by atoms with Crippen LogP contribution in [0.2, 0.25) is 0 Å². The van der Waals surface area contributed by atoms with E-state index in [9.17, 15) is 0 Å². The fourth-order valence-electron chi connectivity index (χ4n) is 2.32. The molecule has 4 heteroatoms. The van der Waals surface area contributed by atoms with Crippen LogP contribution in [-0.4, -0.2) is 14.8 Å².